The van der Waals surface area contributed by atoms with Crippen molar-refractivity contribution in [3.63, 3.8) is 0 Å². The average molecular weight is 376 g/mol. The maximum absolute atomic E-state index is 13.7. The fraction of sp³-hybridized carbons (Fsp3) is 0. The highest BCUT2D eigenvalue weighted by atomic mass is 19.1. The zero-order valence-corrected chi connectivity index (χ0v) is 14.5. The summed E-state index contributed by atoms with van der Waals surface area (Å²) in [5.41, 5.74) is 2.16. The quantitative estimate of drug-likeness (QED) is 0.531. The predicted octanol–water partition coefficient (Wildman–Crippen LogP) is 4.90. The van der Waals surface area contributed by atoms with Gasteiger partial charge < -0.3 is 10.6 Å². The molecule has 0 radical (unpaired) electrons. The van der Waals surface area contributed by atoms with Crippen LogP contribution >= 0.6 is 0 Å². The van der Waals surface area contributed by atoms with Crippen LogP contribution in [0.2, 0.25) is 0 Å². The van der Waals surface area contributed by atoms with Crippen LogP contribution in [0.5, 0.6) is 0 Å². The van der Waals surface area contributed by atoms with E-state index in [1.54, 1.807) is 18.3 Å². The first-order chi connectivity index (χ1) is 13.6. The van der Waals surface area contributed by atoms with Gasteiger partial charge in [0.1, 0.15) is 17.3 Å². The number of rotatable bonds is 4. The van der Waals surface area contributed by atoms with Crippen LogP contribution in [0.3, 0.4) is 0 Å². The molecule has 0 spiro atoms. The summed E-state index contributed by atoms with van der Waals surface area (Å²) in [6, 6.07) is 15.7. The molecule has 5 nitrogen and oxygen atoms in total. The number of amides is 1. The Bertz CT molecular complexity index is 1170. The second-order valence-electron chi connectivity index (χ2n) is 6.01. The number of carbonyl (C=O) groups excluding carboxylic acids is 1. The van der Waals surface area contributed by atoms with E-state index in [1.165, 1.54) is 6.20 Å². The number of halogens is 2. The Kier molecular flexibility index (Phi) is 4.63. The lowest BCUT2D eigenvalue weighted by molar-refractivity contribution is 0.102. The van der Waals surface area contributed by atoms with E-state index in [9.17, 15) is 13.6 Å². The Morgan fingerprint density at radius 3 is 2.57 bits per heavy atom. The van der Waals surface area contributed by atoms with Gasteiger partial charge in [-0.3, -0.25) is 14.8 Å². The minimum atomic E-state index is -0.857. The molecule has 2 aromatic heterocycles. The van der Waals surface area contributed by atoms with Gasteiger partial charge in [0.15, 0.2) is 0 Å². The zero-order valence-electron chi connectivity index (χ0n) is 14.5. The molecule has 0 bridgehead atoms. The molecule has 0 saturated carbocycles. The molecule has 4 aromatic rings. The maximum atomic E-state index is 13.7. The monoisotopic (exact) mass is 376 g/mol. The van der Waals surface area contributed by atoms with Crippen LogP contribution in [-0.4, -0.2) is 15.9 Å². The second kappa shape index (κ2) is 7.40. The van der Waals surface area contributed by atoms with Crippen LogP contribution < -0.4 is 10.6 Å². The van der Waals surface area contributed by atoms with Gasteiger partial charge in [0.25, 0.3) is 5.91 Å². The number of hydrogen-bond acceptors (Lipinski definition) is 4. The van der Waals surface area contributed by atoms with E-state index in [0.29, 0.717) is 11.8 Å². The van der Waals surface area contributed by atoms with Gasteiger partial charge in [-0.05, 0) is 36.4 Å². The third-order valence-electron chi connectivity index (χ3n) is 4.08. The maximum Gasteiger partial charge on any atom is 0.274 e. The molecule has 0 unspecified atom stereocenters. The number of fused-ring (bicyclic) bond motifs is 1. The number of anilines is 3. The number of nitrogens with zero attached hydrogens (tertiary/aromatic N) is 2. The predicted molar refractivity (Wildman–Crippen MR) is 104 cm³/mol. The highest BCUT2D eigenvalue weighted by Gasteiger charge is 2.12. The lowest BCUT2D eigenvalue weighted by Gasteiger charge is -2.10. The molecule has 7 heteroatoms. The molecule has 2 N–H and O–H groups in total. The molecular weight excluding hydrogens is 362 g/mol. The minimum absolute atomic E-state index is 0.0851. The summed E-state index contributed by atoms with van der Waals surface area (Å²) < 4.78 is 26.7. The van der Waals surface area contributed by atoms with Crippen LogP contribution in [0.4, 0.5) is 25.8 Å². The Morgan fingerprint density at radius 1 is 0.857 bits per heavy atom. The third-order valence-corrected chi connectivity index (χ3v) is 4.08. The summed E-state index contributed by atoms with van der Waals surface area (Å²) in [6.07, 6.45) is 3.17. The molecule has 138 valence electrons. The first kappa shape index (κ1) is 17.5. The first-order valence-electron chi connectivity index (χ1n) is 8.43. The van der Waals surface area contributed by atoms with E-state index >= 15 is 0 Å². The summed E-state index contributed by atoms with van der Waals surface area (Å²) >= 11 is 0. The molecule has 28 heavy (non-hydrogen) atoms. The Balaban J connectivity index is 1.58. The van der Waals surface area contributed by atoms with Crippen molar-refractivity contribution >= 4 is 33.9 Å². The fourth-order valence-electron chi connectivity index (χ4n) is 2.77. The third kappa shape index (κ3) is 3.64. The minimum Gasteiger partial charge on any atom is -0.354 e. The normalized spacial score (nSPS) is 10.6. The number of pyridine rings is 2. The summed E-state index contributed by atoms with van der Waals surface area (Å²) in [7, 11) is 0. The number of aromatic nitrogens is 2. The van der Waals surface area contributed by atoms with Crippen molar-refractivity contribution in [2.24, 2.45) is 0 Å². The van der Waals surface area contributed by atoms with E-state index < -0.39 is 17.5 Å². The largest absolute Gasteiger partial charge is 0.354 e. The van der Waals surface area contributed by atoms with Crippen LogP contribution in [-0.2, 0) is 0 Å². The van der Waals surface area contributed by atoms with Crippen molar-refractivity contribution in [3.8, 4) is 0 Å². The summed E-state index contributed by atoms with van der Waals surface area (Å²) in [6.45, 7) is 0. The molecule has 1 amide bonds. The molecule has 4 rings (SSSR count). The number of benzene rings is 2. The molecule has 0 aliphatic carbocycles. The van der Waals surface area contributed by atoms with Gasteiger partial charge in [0, 0.05) is 29.5 Å². The smallest absolute Gasteiger partial charge is 0.274 e. The van der Waals surface area contributed by atoms with Crippen molar-refractivity contribution in [3.05, 3.63) is 90.4 Å². The van der Waals surface area contributed by atoms with Crippen molar-refractivity contribution < 1.29 is 13.6 Å². The average Bonchev–Trinajstić information content (AvgIpc) is 2.70. The summed E-state index contributed by atoms with van der Waals surface area (Å²) in [5.74, 6) is -2.18. The van der Waals surface area contributed by atoms with Gasteiger partial charge >= 0.3 is 0 Å². The first-order valence-corrected chi connectivity index (χ1v) is 8.43. The molecule has 2 aromatic carbocycles. The van der Waals surface area contributed by atoms with Crippen molar-refractivity contribution in [2.75, 3.05) is 10.6 Å². The number of nitrogens with one attached hydrogen (secondary N) is 2. The number of hydrogen-bond donors (Lipinski definition) is 2. The second-order valence-corrected chi connectivity index (χ2v) is 6.01. The standard InChI is InChI=1S/C21H14F2N4O/c22-14-6-7-17(16(23)11-14)27-21(28)19-12-15(8-10-24-19)26-18-5-1-3-13-4-2-9-25-20(13)18/h1-12H,(H,24,26)(H,27,28). The van der Waals surface area contributed by atoms with E-state index in [-0.39, 0.29) is 11.4 Å². The number of carbonyl (C=O) groups is 1. The van der Waals surface area contributed by atoms with Crippen molar-refractivity contribution in [1.29, 1.82) is 0 Å². The summed E-state index contributed by atoms with van der Waals surface area (Å²) in [4.78, 5) is 20.8. The van der Waals surface area contributed by atoms with E-state index in [4.69, 9.17) is 0 Å². The lowest BCUT2D eigenvalue weighted by atomic mass is 10.2. The van der Waals surface area contributed by atoms with E-state index in [2.05, 4.69) is 20.6 Å². The van der Waals surface area contributed by atoms with Crippen LogP contribution in [0, 0.1) is 11.6 Å². The van der Waals surface area contributed by atoms with Gasteiger partial charge in [-0.1, -0.05) is 18.2 Å². The van der Waals surface area contributed by atoms with Gasteiger partial charge in [0.05, 0.1) is 16.9 Å². The Labute approximate surface area is 159 Å². The molecule has 0 aliphatic heterocycles. The summed E-state index contributed by atoms with van der Waals surface area (Å²) in [5, 5.41) is 6.59. The van der Waals surface area contributed by atoms with Crippen molar-refractivity contribution in [1.82, 2.24) is 9.97 Å². The fourth-order valence-corrected chi connectivity index (χ4v) is 2.77. The van der Waals surface area contributed by atoms with Crippen LogP contribution in [0.1, 0.15) is 10.5 Å². The Morgan fingerprint density at radius 2 is 1.71 bits per heavy atom. The Hall–Kier alpha value is -3.87. The van der Waals surface area contributed by atoms with Gasteiger partial charge in [-0.25, -0.2) is 8.78 Å². The zero-order chi connectivity index (χ0) is 19.5. The topological polar surface area (TPSA) is 66.9 Å². The van der Waals surface area contributed by atoms with E-state index in [0.717, 1.165) is 28.7 Å². The lowest BCUT2D eigenvalue weighted by Crippen LogP contribution is -2.15. The SMILES string of the molecule is O=C(Nc1ccc(F)cc1F)c1cc(Nc2cccc3cccnc23)ccn1. The van der Waals surface area contributed by atoms with Gasteiger partial charge in [-0.15, -0.1) is 0 Å². The van der Waals surface area contributed by atoms with Crippen molar-refractivity contribution in [2.45, 2.75) is 0 Å². The van der Waals surface area contributed by atoms with E-state index in [1.807, 2.05) is 30.3 Å². The van der Waals surface area contributed by atoms with Gasteiger partial charge in [0.2, 0.25) is 0 Å². The van der Waals surface area contributed by atoms with Gasteiger partial charge in [-0.2, -0.15) is 0 Å². The highest BCUT2D eigenvalue weighted by Crippen LogP contribution is 2.25. The molecule has 0 saturated heterocycles. The molecular formula is C21H14F2N4O. The molecule has 0 fully saturated rings. The van der Waals surface area contributed by atoms with Crippen LogP contribution in [0.25, 0.3) is 10.9 Å². The molecule has 2 heterocycles. The van der Waals surface area contributed by atoms with Crippen LogP contribution in [0.15, 0.2) is 73.1 Å². The highest BCUT2D eigenvalue weighted by molar-refractivity contribution is 6.03. The molecule has 0 atom stereocenters. The number of para-hydroxylation sites is 1. The molecule has 0 aliphatic rings.